The molecular weight excluding hydrogens is 316 g/mol. The first-order valence-corrected chi connectivity index (χ1v) is 7.31. The van der Waals surface area contributed by atoms with Gasteiger partial charge in [-0.2, -0.15) is 0 Å². The van der Waals surface area contributed by atoms with Gasteiger partial charge in [-0.25, -0.2) is 0 Å². The fourth-order valence-electron chi connectivity index (χ4n) is 2.05. The maximum atomic E-state index is 10.2. The summed E-state index contributed by atoms with van der Waals surface area (Å²) in [5.41, 5.74) is 3.02. The molecule has 3 nitrogen and oxygen atoms in total. The number of nitrogens with one attached hydrogen (secondary N) is 1. The van der Waals surface area contributed by atoms with Crippen molar-refractivity contribution in [3.05, 3.63) is 58.6 Å². The Morgan fingerprint density at radius 1 is 1.15 bits per heavy atom. The second-order valence-electron chi connectivity index (χ2n) is 4.86. The molecule has 0 aliphatic carbocycles. The second kappa shape index (κ2) is 6.77. The quantitative estimate of drug-likeness (QED) is 0.875. The van der Waals surface area contributed by atoms with Crippen LogP contribution in [0.2, 0.25) is 0 Å². The predicted molar refractivity (Wildman–Crippen MR) is 88.4 cm³/mol. The molecule has 2 aromatic carbocycles. The number of hydrogen-bond donors (Lipinski definition) is 2. The fourth-order valence-corrected chi connectivity index (χ4v) is 2.47. The number of aliphatic hydroxyl groups excluding tert-OH is 1. The molecule has 0 radical (unpaired) electrons. The molecule has 0 aliphatic rings. The molecule has 4 heteroatoms. The van der Waals surface area contributed by atoms with Crippen molar-refractivity contribution in [2.45, 2.75) is 6.10 Å². The fraction of sp³-hybridized carbons (Fsp3) is 0.250. The van der Waals surface area contributed by atoms with Gasteiger partial charge in [-0.15, -0.1) is 0 Å². The monoisotopic (exact) mass is 334 g/mol. The molecule has 2 rings (SSSR count). The second-order valence-corrected chi connectivity index (χ2v) is 5.78. The van der Waals surface area contributed by atoms with Gasteiger partial charge >= 0.3 is 0 Å². The molecule has 1 atom stereocenters. The number of anilines is 2. The molecule has 0 aliphatic heterocycles. The molecule has 1 unspecified atom stereocenters. The van der Waals surface area contributed by atoms with Gasteiger partial charge < -0.3 is 15.3 Å². The highest BCUT2D eigenvalue weighted by Gasteiger charge is 2.09. The van der Waals surface area contributed by atoms with Gasteiger partial charge in [0.05, 0.1) is 17.5 Å². The molecule has 0 amide bonds. The van der Waals surface area contributed by atoms with Crippen LogP contribution in [0.1, 0.15) is 11.7 Å². The molecule has 2 aromatic rings. The molecule has 0 bridgehead atoms. The van der Waals surface area contributed by atoms with Crippen LogP contribution in [-0.4, -0.2) is 25.7 Å². The highest BCUT2D eigenvalue weighted by Crippen LogP contribution is 2.25. The first kappa shape index (κ1) is 14.9. The Hall–Kier alpha value is -1.52. The Kier molecular flexibility index (Phi) is 5.04. The lowest BCUT2D eigenvalue weighted by Crippen LogP contribution is -2.16. The Morgan fingerprint density at radius 2 is 1.90 bits per heavy atom. The maximum absolute atomic E-state index is 10.2. The Balaban J connectivity index is 2.05. The third-order valence-corrected chi connectivity index (χ3v) is 3.60. The predicted octanol–water partition coefficient (Wildman–Crippen LogP) is 3.66. The van der Waals surface area contributed by atoms with E-state index in [1.54, 1.807) is 0 Å². The summed E-state index contributed by atoms with van der Waals surface area (Å²) in [6.07, 6.45) is -0.539. The van der Waals surface area contributed by atoms with Crippen molar-refractivity contribution in [2.24, 2.45) is 0 Å². The highest BCUT2D eigenvalue weighted by atomic mass is 79.9. The number of nitrogens with zero attached hydrogens (tertiary/aromatic N) is 1. The summed E-state index contributed by atoms with van der Waals surface area (Å²) in [6.45, 7) is 0.474. The number of hydrogen-bond acceptors (Lipinski definition) is 3. The topological polar surface area (TPSA) is 35.5 Å². The lowest BCUT2D eigenvalue weighted by atomic mass is 10.1. The third-order valence-electron chi connectivity index (χ3n) is 3.11. The van der Waals surface area contributed by atoms with Crippen LogP contribution in [-0.2, 0) is 0 Å². The van der Waals surface area contributed by atoms with Crippen LogP contribution in [0, 0.1) is 0 Å². The zero-order valence-corrected chi connectivity index (χ0v) is 13.3. The molecule has 0 saturated heterocycles. The van der Waals surface area contributed by atoms with E-state index in [0.717, 1.165) is 21.4 Å². The van der Waals surface area contributed by atoms with E-state index in [9.17, 15) is 5.11 Å². The molecule has 20 heavy (non-hydrogen) atoms. The smallest absolute Gasteiger partial charge is 0.0962 e. The molecule has 2 N–H and O–H groups in total. The molecule has 0 aromatic heterocycles. The van der Waals surface area contributed by atoms with Crippen molar-refractivity contribution in [3.8, 4) is 0 Å². The standard InChI is InChI=1S/C16H19BrN2O/c1-19(2)15-9-4-3-8-14(15)18-11-16(20)12-6-5-7-13(17)10-12/h3-10,16,18,20H,11H2,1-2H3. The highest BCUT2D eigenvalue weighted by molar-refractivity contribution is 9.10. The number of benzene rings is 2. The SMILES string of the molecule is CN(C)c1ccccc1NCC(O)c1cccc(Br)c1. The van der Waals surface area contributed by atoms with Crippen molar-refractivity contribution < 1.29 is 5.11 Å². The Bertz CT molecular complexity index is 572. The normalized spacial score (nSPS) is 12.0. The van der Waals surface area contributed by atoms with Crippen molar-refractivity contribution in [1.82, 2.24) is 0 Å². The van der Waals surface area contributed by atoms with E-state index >= 15 is 0 Å². The minimum Gasteiger partial charge on any atom is -0.387 e. The van der Waals surface area contributed by atoms with E-state index in [-0.39, 0.29) is 0 Å². The van der Waals surface area contributed by atoms with Gasteiger partial charge in [0.25, 0.3) is 0 Å². The zero-order chi connectivity index (χ0) is 14.5. The summed E-state index contributed by atoms with van der Waals surface area (Å²) >= 11 is 3.42. The van der Waals surface area contributed by atoms with Gasteiger partial charge in [-0.05, 0) is 29.8 Å². The average Bonchev–Trinajstić information content (AvgIpc) is 2.45. The number of halogens is 1. The lowest BCUT2D eigenvalue weighted by Gasteiger charge is -2.20. The minimum atomic E-state index is -0.539. The molecule has 0 saturated carbocycles. The average molecular weight is 335 g/mol. The van der Waals surface area contributed by atoms with Crippen molar-refractivity contribution >= 4 is 27.3 Å². The first-order chi connectivity index (χ1) is 9.58. The van der Waals surface area contributed by atoms with Crippen molar-refractivity contribution in [1.29, 1.82) is 0 Å². The van der Waals surface area contributed by atoms with Crippen LogP contribution < -0.4 is 10.2 Å². The van der Waals surface area contributed by atoms with Crippen LogP contribution in [0.25, 0.3) is 0 Å². The van der Waals surface area contributed by atoms with Gasteiger partial charge in [0.1, 0.15) is 0 Å². The van der Waals surface area contributed by atoms with E-state index in [1.165, 1.54) is 0 Å². The van der Waals surface area contributed by atoms with E-state index in [4.69, 9.17) is 0 Å². The van der Waals surface area contributed by atoms with Crippen LogP contribution >= 0.6 is 15.9 Å². The van der Waals surface area contributed by atoms with E-state index < -0.39 is 6.10 Å². The van der Waals surface area contributed by atoms with Gasteiger partial charge in [-0.1, -0.05) is 40.2 Å². The summed E-state index contributed by atoms with van der Waals surface area (Å²) in [7, 11) is 4.01. The van der Waals surface area contributed by atoms with E-state index in [1.807, 2.05) is 67.5 Å². The van der Waals surface area contributed by atoms with Gasteiger partial charge in [-0.3, -0.25) is 0 Å². The molecule has 0 heterocycles. The van der Waals surface area contributed by atoms with Crippen LogP contribution in [0.3, 0.4) is 0 Å². The van der Waals surface area contributed by atoms with Crippen LogP contribution in [0.5, 0.6) is 0 Å². The number of aliphatic hydroxyl groups is 1. The zero-order valence-electron chi connectivity index (χ0n) is 11.7. The molecule has 106 valence electrons. The number of rotatable bonds is 5. The number of para-hydroxylation sites is 2. The molecule has 0 fully saturated rings. The summed E-state index contributed by atoms with van der Waals surface area (Å²) in [4.78, 5) is 2.05. The van der Waals surface area contributed by atoms with Crippen molar-refractivity contribution in [2.75, 3.05) is 30.9 Å². The summed E-state index contributed by atoms with van der Waals surface area (Å²) in [5.74, 6) is 0. The largest absolute Gasteiger partial charge is 0.387 e. The summed E-state index contributed by atoms with van der Waals surface area (Å²) in [6, 6.07) is 15.8. The van der Waals surface area contributed by atoms with Gasteiger partial charge in [0.15, 0.2) is 0 Å². The Morgan fingerprint density at radius 3 is 2.60 bits per heavy atom. The maximum Gasteiger partial charge on any atom is 0.0962 e. The molecular formula is C16H19BrN2O. The van der Waals surface area contributed by atoms with Crippen molar-refractivity contribution in [3.63, 3.8) is 0 Å². The van der Waals surface area contributed by atoms with Crippen LogP contribution in [0.4, 0.5) is 11.4 Å². The lowest BCUT2D eigenvalue weighted by molar-refractivity contribution is 0.191. The van der Waals surface area contributed by atoms with Gasteiger partial charge in [0, 0.05) is 25.1 Å². The van der Waals surface area contributed by atoms with Crippen LogP contribution in [0.15, 0.2) is 53.0 Å². The van der Waals surface area contributed by atoms with Gasteiger partial charge in [0.2, 0.25) is 0 Å². The molecule has 0 spiro atoms. The summed E-state index contributed by atoms with van der Waals surface area (Å²) in [5, 5.41) is 13.5. The first-order valence-electron chi connectivity index (χ1n) is 6.51. The third kappa shape index (κ3) is 3.74. The Labute approximate surface area is 128 Å². The summed E-state index contributed by atoms with van der Waals surface area (Å²) < 4.78 is 0.975. The van der Waals surface area contributed by atoms with E-state index in [0.29, 0.717) is 6.54 Å². The minimum absolute atomic E-state index is 0.474. The van der Waals surface area contributed by atoms with E-state index in [2.05, 4.69) is 21.2 Å².